The number of benzene rings is 1. The van der Waals surface area contributed by atoms with Crippen LogP contribution in [0.2, 0.25) is 0 Å². The number of nitrogens with zero attached hydrogens (tertiary/aromatic N) is 1. The van der Waals surface area contributed by atoms with Gasteiger partial charge in [0.1, 0.15) is 16.9 Å². The highest BCUT2D eigenvalue weighted by molar-refractivity contribution is 5.86. The largest absolute Gasteiger partial charge is 0.497 e. The summed E-state index contributed by atoms with van der Waals surface area (Å²) in [4.78, 5) is 12.3. The molecule has 0 spiro atoms. The molecular formula is C19H24N2O3. The lowest BCUT2D eigenvalue weighted by molar-refractivity contribution is -0.131. The minimum Gasteiger partial charge on any atom is -0.497 e. The van der Waals surface area contributed by atoms with Crippen molar-refractivity contribution in [1.29, 1.82) is 5.26 Å². The quantitative estimate of drug-likeness (QED) is 0.869. The molecule has 0 radical (unpaired) electrons. The van der Waals surface area contributed by atoms with E-state index in [9.17, 15) is 10.1 Å². The van der Waals surface area contributed by atoms with Crippen LogP contribution in [0.25, 0.3) is 0 Å². The topological polar surface area (TPSA) is 71.3 Å². The van der Waals surface area contributed by atoms with Crippen LogP contribution in [0, 0.1) is 16.7 Å². The van der Waals surface area contributed by atoms with Gasteiger partial charge in [0, 0.05) is 18.2 Å². The lowest BCUT2D eigenvalue weighted by Crippen LogP contribution is -2.44. The average molecular weight is 328 g/mol. The molecule has 0 atom stereocenters. The standard InChI is InChI=1S/C19H24N2O3/c1-23-16-8-7-14(17(11-16)24-15-5-2-3-6-15)12-21-18(22)19(13-20)9-4-10-19/h7-8,11,15H,2-6,9-10,12H2,1H3,(H,21,22). The van der Waals surface area contributed by atoms with Gasteiger partial charge in [0.2, 0.25) is 5.91 Å². The Labute approximate surface area is 142 Å². The maximum absolute atomic E-state index is 12.3. The van der Waals surface area contributed by atoms with Crippen LogP contribution in [0.4, 0.5) is 0 Å². The van der Waals surface area contributed by atoms with Crippen molar-refractivity contribution in [3.05, 3.63) is 23.8 Å². The molecule has 2 fully saturated rings. The van der Waals surface area contributed by atoms with E-state index in [2.05, 4.69) is 11.4 Å². The van der Waals surface area contributed by atoms with Crippen molar-refractivity contribution >= 4 is 5.91 Å². The maximum Gasteiger partial charge on any atom is 0.240 e. The summed E-state index contributed by atoms with van der Waals surface area (Å²) in [6.45, 7) is 0.369. The van der Waals surface area contributed by atoms with Crippen LogP contribution in [0.3, 0.4) is 0 Å². The summed E-state index contributed by atoms with van der Waals surface area (Å²) in [6.07, 6.45) is 7.04. The number of hydrogen-bond donors (Lipinski definition) is 1. The minimum atomic E-state index is -0.820. The fraction of sp³-hybridized carbons (Fsp3) is 0.579. The molecule has 2 aliphatic rings. The van der Waals surface area contributed by atoms with E-state index >= 15 is 0 Å². The van der Waals surface area contributed by atoms with Crippen LogP contribution in [0.15, 0.2) is 18.2 Å². The average Bonchev–Trinajstić information content (AvgIpc) is 3.06. The van der Waals surface area contributed by atoms with Crippen molar-refractivity contribution in [3.8, 4) is 17.6 Å². The van der Waals surface area contributed by atoms with Crippen molar-refractivity contribution in [1.82, 2.24) is 5.32 Å². The summed E-state index contributed by atoms with van der Waals surface area (Å²) in [6, 6.07) is 7.84. The van der Waals surface area contributed by atoms with Crippen molar-refractivity contribution in [3.63, 3.8) is 0 Å². The van der Waals surface area contributed by atoms with Crippen molar-refractivity contribution in [2.24, 2.45) is 5.41 Å². The first kappa shape index (κ1) is 16.6. The molecule has 5 nitrogen and oxygen atoms in total. The molecule has 128 valence electrons. The van der Waals surface area contributed by atoms with Gasteiger partial charge in [0.15, 0.2) is 0 Å². The Bertz CT molecular complexity index is 641. The molecular weight excluding hydrogens is 304 g/mol. The Kier molecular flexibility index (Phi) is 4.94. The molecule has 3 rings (SSSR count). The molecule has 0 aromatic heterocycles. The first-order chi connectivity index (χ1) is 11.7. The number of hydrogen-bond acceptors (Lipinski definition) is 4. The summed E-state index contributed by atoms with van der Waals surface area (Å²) in [5.41, 5.74) is 0.0994. The molecule has 5 heteroatoms. The van der Waals surface area contributed by atoms with Gasteiger partial charge in [-0.05, 0) is 57.1 Å². The van der Waals surface area contributed by atoms with Crippen LogP contribution < -0.4 is 14.8 Å². The Hall–Kier alpha value is -2.22. The van der Waals surface area contributed by atoms with Gasteiger partial charge in [0.05, 0.1) is 19.3 Å². The monoisotopic (exact) mass is 328 g/mol. The number of nitrogens with one attached hydrogen (secondary N) is 1. The molecule has 1 N–H and O–H groups in total. The van der Waals surface area contributed by atoms with E-state index in [-0.39, 0.29) is 12.0 Å². The third-order valence-electron chi connectivity index (χ3n) is 5.17. The predicted molar refractivity (Wildman–Crippen MR) is 89.6 cm³/mol. The molecule has 1 aromatic carbocycles. The third-order valence-corrected chi connectivity index (χ3v) is 5.17. The van der Waals surface area contributed by atoms with Crippen LogP contribution in [0.1, 0.15) is 50.5 Å². The van der Waals surface area contributed by atoms with Gasteiger partial charge in [0.25, 0.3) is 0 Å². The molecule has 0 saturated heterocycles. The van der Waals surface area contributed by atoms with Crippen molar-refractivity contribution in [2.75, 3.05) is 7.11 Å². The lowest BCUT2D eigenvalue weighted by atomic mass is 9.69. The zero-order valence-electron chi connectivity index (χ0n) is 14.1. The van der Waals surface area contributed by atoms with E-state index in [0.29, 0.717) is 19.4 Å². The number of ether oxygens (including phenoxy) is 2. The smallest absolute Gasteiger partial charge is 0.240 e. The second kappa shape index (κ2) is 7.12. The zero-order chi connectivity index (χ0) is 17.0. The Morgan fingerprint density at radius 1 is 1.33 bits per heavy atom. The van der Waals surface area contributed by atoms with Crippen LogP contribution in [0.5, 0.6) is 11.5 Å². The summed E-state index contributed by atoms with van der Waals surface area (Å²) in [7, 11) is 1.63. The number of rotatable bonds is 6. The van der Waals surface area contributed by atoms with Gasteiger partial charge in [-0.15, -0.1) is 0 Å². The SMILES string of the molecule is COc1ccc(CNC(=O)C2(C#N)CCC2)c(OC2CCCC2)c1. The lowest BCUT2D eigenvalue weighted by Gasteiger charge is -2.33. The highest BCUT2D eigenvalue weighted by atomic mass is 16.5. The van der Waals surface area contributed by atoms with Crippen LogP contribution in [-0.4, -0.2) is 19.1 Å². The number of methoxy groups -OCH3 is 1. The van der Waals surface area contributed by atoms with Gasteiger partial charge < -0.3 is 14.8 Å². The number of carbonyl (C=O) groups is 1. The Balaban J connectivity index is 1.69. The molecule has 0 aliphatic heterocycles. The molecule has 0 heterocycles. The van der Waals surface area contributed by atoms with Gasteiger partial charge in [-0.1, -0.05) is 0 Å². The normalized spacial score (nSPS) is 19.2. The molecule has 2 aliphatic carbocycles. The minimum absolute atomic E-state index is 0.168. The second-order valence-electron chi connectivity index (χ2n) is 6.73. The van der Waals surface area contributed by atoms with Gasteiger partial charge in [-0.3, -0.25) is 4.79 Å². The first-order valence-corrected chi connectivity index (χ1v) is 8.70. The fourth-order valence-corrected chi connectivity index (χ4v) is 3.37. The number of amides is 1. The second-order valence-corrected chi connectivity index (χ2v) is 6.73. The highest BCUT2D eigenvalue weighted by Crippen LogP contribution is 2.40. The number of nitriles is 1. The van der Waals surface area contributed by atoms with E-state index in [0.717, 1.165) is 36.3 Å². The van der Waals surface area contributed by atoms with Crippen molar-refractivity contribution in [2.45, 2.75) is 57.6 Å². The highest BCUT2D eigenvalue weighted by Gasteiger charge is 2.44. The zero-order valence-corrected chi connectivity index (χ0v) is 14.1. The summed E-state index contributed by atoms with van der Waals surface area (Å²) >= 11 is 0. The Morgan fingerprint density at radius 3 is 2.67 bits per heavy atom. The molecule has 0 unspecified atom stereocenters. The predicted octanol–water partition coefficient (Wildman–Crippen LogP) is 3.33. The summed E-state index contributed by atoms with van der Waals surface area (Å²) in [5, 5.41) is 12.2. The number of carbonyl (C=O) groups excluding carboxylic acids is 1. The first-order valence-electron chi connectivity index (χ1n) is 8.70. The van der Waals surface area contributed by atoms with Gasteiger partial charge in [-0.25, -0.2) is 0 Å². The molecule has 1 aromatic rings. The van der Waals surface area contributed by atoms with E-state index in [1.165, 1.54) is 12.8 Å². The van der Waals surface area contributed by atoms with Crippen LogP contribution >= 0.6 is 0 Å². The van der Waals surface area contributed by atoms with E-state index in [1.807, 2.05) is 18.2 Å². The van der Waals surface area contributed by atoms with Gasteiger partial charge in [-0.2, -0.15) is 5.26 Å². The van der Waals surface area contributed by atoms with Gasteiger partial charge >= 0.3 is 0 Å². The summed E-state index contributed by atoms with van der Waals surface area (Å²) < 4.78 is 11.4. The summed E-state index contributed by atoms with van der Waals surface area (Å²) in [5.74, 6) is 1.34. The van der Waals surface area contributed by atoms with Crippen LogP contribution in [-0.2, 0) is 11.3 Å². The Morgan fingerprint density at radius 2 is 2.08 bits per heavy atom. The van der Waals surface area contributed by atoms with E-state index in [4.69, 9.17) is 9.47 Å². The van der Waals surface area contributed by atoms with Crippen molar-refractivity contribution < 1.29 is 14.3 Å². The molecule has 2 saturated carbocycles. The molecule has 1 amide bonds. The van der Waals surface area contributed by atoms with E-state index < -0.39 is 5.41 Å². The third kappa shape index (κ3) is 3.33. The molecule has 24 heavy (non-hydrogen) atoms. The fourth-order valence-electron chi connectivity index (χ4n) is 3.37. The van der Waals surface area contributed by atoms with E-state index in [1.54, 1.807) is 7.11 Å². The molecule has 0 bridgehead atoms. The maximum atomic E-state index is 12.3.